The van der Waals surface area contributed by atoms with Gasteiger partial charge < -0.3 is 15.2 Å². The van der Waals surface area contributed by atoms with E-state index in [1.165, 1.54) is 0 Å². The molecule has 0 atom stereocenters. The smallest absolute Gasteiger partial charge is 0.245 e. The number of pyridine rings is 1. The van der Waals surface area contributed by atoms with Crippen molar-refractivity contribution in [2.45, 2.75) is 25.9 Å². The summed E-state index contributed by atoms with van der Waals surface area (Å²) in [5.74, 6) is 1.20. The Morgan fingerprint density at radius 1 is 1.38 bits per heavy atom. The van der Waals surface area contributed by atoms with Crippen LogP contribution in [-0.4, -0.2) is 26.0 Å². The largest absolute Gasteiger partial charge is 0.356 e. The van der Waals surface area contributed by atoms with Crippen molar-refractivity contribution in [3.05, 3.63) is 41.6 Å². The van der Waals surface area contributed by atoms with Crippen LogP contribution in [-0.2, 0) is 18.4 Å². The Labute approximate surface area is 128 Å². The van der Waals surface area contributed by atoms with Crippen LogP contribution in [0.15, 0.2) is 30.6 Å². The van der Waals surface area contributed by atoms with Gasteiger partial charge in [0.1, 0.15) is 22.3 Å². The second-order valence-electron chi connectivity index (χ2n) is 5.20. The number of anilines is 1. The molecule has 7 heteroatoms. The van der Waals surface area contributed by atoms with Gasteiger partial charge in [0.15, 0.2) is 0 Å². The van der Waals surface area contributed by atoms with E-state index in [-0.39, 0.29) is 5.91 Å². The van der Waals surface area contributed by atoms with Gasteiger partial charge in [-0.1, -0.05) is 17.7 Å². The molecule has 2 aromatic heterocycles. The number of nitrogens with one attached hydrogen (secondary N) is 2. The van der Waals surface area contributed by atoms with E-state index >= 15 is 0 Å². The van der Waals surface area contributed by atoms with Crippen LogP contribution in [0, 0.1) is 0 Å². The van der Waals surface area contributed by atoms with Gasteiger partial charge >= 0.3 is 0 Å². The molecule has 2 N–H and O–H groups in total. The highest BCUT2D eigenvalue weighted by atomic mass is 35.5. The number of rotatable bonds is 5. The van der Waals surface area contributed by atoms with Crippen molar-refractivity contribution in [1.82, 2.24) is 19.9 Å². The summed E-state index contributed by atoms with van der Waals surface area (Å²) in [6.45, 7) is 3.90. The summed E-state index contributed by atoms with van der Waals surface area (Å²) in [6.07, 6.45) is 3.23. The first-order valence-corrected chi connectivity index (χ1v) is 6.91. The SMILES string of the molecule is Cn1c(Cl)cnc1CNC(=O)C(C)(C)Nc1ccccn1. The van der Waals surface area contributed by atoms with Gasteiger partial charge in [-0.05, 0) is 26.0 Å². The summed E-state index contributed by atoms with van der Waals surface area (Å²) < 4.78 is 1.72. The predicted octanol–water partition coefficient (Wildman–Crippen LogP) is 1.98. The number of hydrogen-bond donors (Lipinski definition) is 2. The van der Waals surface area contributed by atoms with Crippen LogP contribution in [0.25, 0.3) is 0 Å². The topological polar surface area (TPSA) is 71.8 Å². The van der Waals surface area contributed by atoms with Crippen LogP contribution in [0.2, 0.25) is 5.15 Å². The maximum absolute atomic E-state index is 12.3. The van der Waals surface area contributed by atoms with E-state index in [1.807, 2.05) is 18.2 Å². The summed E-state index contributed by atoms with van der Waals surface area (Å²) in [6, 6.07) is 5.50. The Balaban J connectivity index is 1.97. The molecule has 112 valence electrons. The van der Waals surface area contributed by atoms with Crippen molar-refractivity contribution in [2.24, 2.45) is 7.05 Å². The Hall–Kier alpha value is -2.08. The molecular weight excluding hydrogens is 290 g/mol. The molecule has 0 saturated heterocycles. The number of carbonyl (C=O) groups excluding carboxylic acids is 1. The molecule has 0 aliphatic carbocycles. The third-order valence-corrected chi connectivity index (χ3v) is 3.46. The molecule has 0 saturated carbocycles. The molecule has 0 aromatic carbocycles. The Bertz CT molecular complexity index is 624. The summed E-state index contributed by atoms with van der Waals surface area (Å²) in [7, 11) is 1.80. The van der Waals surface area contributed by atoms with Crippen molar-refractivity contribution in [3.63, 3.8) is 0 Å². The lowest BCUT2D eigenvalue weighted by Crippen LogP contribution is -2.48. The van der Waals surface area contributed by atoms with E-state index in [1.54, 1.807) is 37.9 Å². The average molecular weight is 308 g/mol. The molecule has 0 aliphatic heterocycles. The monoisotopic (exact) mass is 307 g/mol. The Morgan fingerprint density at radius 3 is 2.71 bits per heavy atom. The van der Waals surface area contributed by atoms with Crippen LogP contribution in [0.4, 0.5) is 5.82 Å². The fourth-order valence-electron chi connectivity index (χ4n) is 1.78. The molecule has 21 heavy (non-hydrogen) atoms. The van der Waals surface area contributed by atoms with E-state index in [0.29, 0.717) is 23.3 Å². The van der Waals surface area contributed by atoms with Gasteiger partial charge in [0.2, 0.25) is 5.91 Å². The van der Waals surface area contributed by atoms with Gasteiger partial charge in [0, 0.05) is 13.2 Å². The van der Waals surface area contributed by atoms with Crippen LogP contribution in [0.5, 0.6) is 0 Å². The lowest BCUT2D eigenvalue weighted by molar-refractivity contribution is -0.124. The van der Waals surface area contributed by atoms with Crippen molar-refractivity contribution >= 4 is 23.3 Å². The van der Waals surface area contributed by atoms with E-state index in [9.17, 15) is 4.79 Å². The first kappa shape index (κ1) is 15.3. The molecule has 0 unspecified atom stereocenters. The van der Waals surface area contributed by atoms with Gasteiger partial charge in [0.05, 0.1) is 12.7 Å². The number of amides is 1. The third-order valence-electron chi connectivity index (χ3n) is 3.11. The fraction of sp³-hybridized carbons (Fsp3) is 0.357. The number of hydrogen-bond acceptors (Lipinski definition) is 4. The first-order chi connectivity index (χ1) is 9.90. The van der Waals surface area contributed by atoms with Gasteiger partial charge in [-0.25, -0.2) is 9.97 Å². The van der Waals surface area contributed by atoms with Crippen molar-refractivity contribution in [1.29, 1.82) is 0 Å². The summed E-state index contributed by atoms with van der Waals surface area (Å²) in [5, 5.41) is 6.47. The average Bonchev–Trinajstić information content (AvgIpc) is 2.77. The van der Waals surface area contributed by atoms with Crippen LogP contribution in [0.1, 0.15) is 19.7 Å². The minimum absolute atomic E-state index is 0.146. The molecular formula is C14H18ClN5O. The molecule has 0 bridgehead atoms. The van der Waals surface area contributed by atoms with Crippen LogP contribution < -0.4 is 10.6 Å². The number of aromatic nitrogens is 3. The van der Waals surface area contributed by atoms with Crippen LogP contribution in [0.3, 0.4) is 0 Å². The maximum Gasteiger partial charge on any atom is 0.245 e. The zero-order valence-corrected chi connectivity index (χ0v) is 13.0. The van der Waals surface area contributed by atoms with Crippen molar-refractivity contribution in [2.75, 3.05) is 5.32 Å². The van der Waals surface area contributed by atoms with Crippen molar-refractivity contribution < 1.29 is 4.79 Å². The highest BCUT2D eigenvalue weighted by Crippen LogP contribution is 2.13. The highest BCUT2D eigenvalue weighted by Gasteiger charge is 2.27. The van der Waals surface area contributed by atoms with Gasteiger partial charge in [-0.2, -0.15) is 0 Å². The number of imidazole rings is 1. The second-order valence-corrected chi connectivity index (χ2v) is 5.59. The van der Waals surface area contributed by atoms with E-state index in [4.69, 9.17) is 11.6 Å². The minimum Gasteiger partial charge on any atom is -0.356 e. The summed E-state index contributed by atoms with van der Waals surface area (Å²) >= 11 is 5.91. The number of carbonyl (C=O) groups is 1. The fourth-order valence-corrected chi connectivity index (χ4v) is 1.93. The second kappa shape index (κ2) is 6.13. The summed E-state index contributed by atoms with van der Waals surface area (Å²) in [5.41, 5.74) is -0.788. The molecule has 0 fully saturated rings. The first-order valence-electron chi connectivity index (χ1n) is 6.54. The standard InChI is InChI=1S/C14H18ClN5O/c1-14(2,19-11-6-4-5-7-16-11)13(21)18-9-12-17-8-10(15)20(12)3/h4-8H,9H2,1-3H3,(H,16,19)(H,18,21). The summed E-state index contributed by atoms with van der Waals surface area (Å²) in [4.78, 5) is 20.6. The molecule has 0 aliphatic rings. The van der Waals surface area contributed by atoms with Crippen LogP contribution >= 0.6 is 11.6 Å². The van der Waals surface area contributed by atoms with Gasteiger partial charge in [0.25, 0.3) is 0 Å². The van der Waals surface area contributed by atoms with Crippen molar-refractivity contribution in [3.8, 4) is 0 Å². The van der Waals surface area contributed by atoms with Gasteiger partial charge in [-0.3, -0.25) is 4.79 Å². The highest BCUT2D eigenvalue weighted by molar-refractivity contribution is 6.29. The molecule has 2 heterocycles. The lowest BCUT2D eigenvalue weighted by atomic mass is 10.0. The molecule has 6 nitrogen and oxygen atoms in total. The number of nitrogens with zero attached hydrogens (tertiary/aromatic N) is 3. The zero-order chi connectivity index (χ0) is 15.5. The van der Waals surface area contributed by atoms with E-state index < -0.39 is 5.54 Å². The third kappa shape index (κ3) is 3.72. The van der Waals surface area contributed by atoms with E-state index in [0.717, 1.165) is 0 Å². The maximum atomic E-state index is 12.3. The predicted molar refractivity (Wildman–Crippen MR) is 82.0 cm³/mol. The Morgan fingerprint density at radius 2 is 2.14 bits per heavy atom. The quantitative estimate of drug-likeness (QED) is 0.886. The molecule has 2 aromatic rings. The molecule has 2 rings (SSSR count). The minimum atomic E-state index is -0.788. The molecule has 0 spiro atoms. The molecule has 1 amide bonds. The molecule has 0 radical (unpaired) electrons. The zero-order valence-electron chi connectivity index (χ0n) is 12.2. The van der Waals surface area contributed by atoms with Gasteiger partial charge in [-0.15, -0.1) is 0 Å². The number of halogens is 1. The lowest BCUT2D eigenvalue weighted by Gasteiger charge is -2.25. The van der Waals surface area contributed by atoms with E-state index in [2.05, 4.69) is 20.6 Å². The Kier molecular flexibility index (Phi) is 4.47. The normalized spacial score (nSPS) is 11.2.